The van der Waals surface area contributed by atoms with Crippen molar-refractivity contribution in [1.82, 2.24) is 10.6 Å². The van der Waals surface area contributed by atoms with Gasteiger partial charge in [0.2, 0.25) is 0 Å². The fourth-order valence-corrected chi connectivity index (χ4v) is 6.99. The zero-order valence-electron chi connectivity index (χ0n) is 31.1. The van der Waals surface area contributed by atoms with Crippen LogP contribution in [0.3, 0.4) is 0 Å². The molecule has 48 heavy (non-hydrogen) atoms. The highest BCUT2D eigenvalue weighted by atomic mass is 32.1. The third-order valence-corrected chi connectivity index (χ3v) is 10.4. The number of aliphatic hydroxyl groups is 5. The molecule has 9 heteroatoms. The van der Waals surface area contributed by atoms with Gasteiger partial charge in [-0.25, -0.2) is 0 Å². The van der Waals surface area contributed by atoms with E-state index in [0.717, 1.165) is 19.4 Å². The maximum absolute atomic E-state index is 10.8. The maximum Gasteiger partial charge on any atom is 0.166 e. The van der Waals surface area contributed by atoms with Gasteiger partial charge in [0.25, 0.3) is 0 Å². The monoisotopic (exact) mass is 703 g/mol. The van der Waals surface area contributed by atoms with Gasteiger partial charge in [-0.05, 0) is 44.3 Å². The lowest BCUT2D eigenvalue weighted by Gasteiger charge is -2.31. The Kier molecular flexibility index (Phi) is 29.6. The van der Waals surface area contributed by atoms with Gasteiger partial charge in [-0.3, -0.25) is 0 Å². The number of thiocarbonyl (C=S) groups is 1. The molecule has 1 rings (SSSR count). The molecule has 8 nitrogen and oxygen atoms in total. The molecule has 286 valence electrons. The number of rotatable bonds is 31. The van der Waals surface area contributed by atoms with Crippen LogP contribution in [0.15, 0.2) is 0 Å². The lowest BCUT2D eigenvalue weighted by molar-refractivity contribution is -0.120. The highest BCUT2D eigenvalue weighted by Crippen LogP contribution is 2.22. The molecule has 1 saturated carbocycles. The first-order valence-corrected chi connectivity index (χ1v) is 20.8. The number of nitrogens with one attached hydrogen (secondary N) is 2. The van der Waals surface area contributed by atoms with Gasteiger partial charge in [0.15, 0.2) is 5.11 Å². The van der Waals surface area contributed by atoms with Crippen molar-refractivity contribution in [2.45, 2.75) is 230 Å². The first-order valence-electron chi connectivity index (χ1n) is 20.4. The van der Waals surface area contributed by atoms with Gasteiger partial charge in [-0.1, -0.05) is 149 Å². The van der Waals surface area contributed by atoms with Crippen LogP contribution in [-0.4, -0.2) is 86.5 Å². The van der Waals surface area contributed by atoms with Gasteiger partial charge in [0, 0.05) is 13.0 Å². The summed E-state index contributed by atoms with van der Waals surface area (Å²) in [7, 11) is 0. The van der Waals surface area contributed by atoms with Gasteiger partial charge < -0.3 is 40.9 Å². The van der Waals surface area contributed by atoms with Crippen LogP contribution in [0.4, 0.5) is 0 Å². The molecule has 0 amide bonds. The smallest absolute Gasteiger partial charge is 0.166 e. The van der Waals surface area contributed by atoms with Gasteiger partial charge in [0.05, 0.1) is 37.1 Å². The molecule has 0 aromatic heterocycles. The molecule has 1 aliphatic rings. The van der Waals surface area contributed by atoms with Crippen LogP contribution in [0.2, 0.25) is 0 Å². The molecule has 0 bridgehead atoms. The second-order valence-electron chi connectivity index (χ2n) is 14.6. The first-order chi connectivity index (χ1) is 23.3. The topological polar surface area (TPSA) is 134 Å². The second kappa shape index (κ2) is 31.2. The zero-order valence-corrected chi connectivity index (χ0v) is 31.9. The third-order valence-electron chi connectivity index (χ3n) is 10.2. The van der Waals surface area contributed by atoms with Crippen LogP contribution in [0.5, 0.6) is 0 Å². The van der Waals surface area contributed by atoms with E-state index < -0.39 is 42.7 Å². The van der Waals surface area contributed by atoms with E-state index in [4.69, 9.17) is 17.0 Å². The Labute approximate surface area is 300 Å². The number of unbranched alkanes of at least 4 members (excludes halogenated alkanes) is 21. The minimum atomic E-state index is -1.27. The minimum absolute atomic E-state index is 0.0450. The zero-order chi connectivity index (χ0) is 35.2. The SMILES string of the molecule is CCCCCCCCCCCCCCCCCCCCCCCCNC(=S)NC(COC1CCCC(O)C(O)C1O)C(O)CC(O)CC. The highest BCUT2D eigenvalue weighted by molar-refractivity contribution is 7.80. The summed E-state index contributed by atoms with van der Waals surface area (Å²) in [4.78, 5) is 0. The molecule has 1 fully saturated rings. The molecule has 7 N–H and O–H groups in total. The Balaban J connectivity index is 2.06. The van der Waals surface area contributed by atoms with Crippen molar-refractivity contribution in [2.75, 3.05) is 13.2 Å². The predicted octanol–water partition coefficient (Wildman–Crippen LogP) is 7.59. The molecule has 7 unspecified atom stereocenters. The molecule has 0 aliphatic heterocycles. The summed E-state index contributed by atoms with van der Waals surface area (Å²) in [5.74, 6) is 0. The number of aliphatic hydroxyl groups excluding tert-OH is 5. The Hall–Kier alpha value is -0.550. The number of hydrogen-bond acceptors (Lipinski definition) is 7. The third kappa shape index (κ3) is 23.8. The van der Waals surface area contributed by atoms with Crippen molar-refractivity contribution in [3.63, 3.8) is 0 Å². The van der Waals surface area contributed by atoms with E-state index in [1.807, 2.05) is 6.92 Å². The van der Waals surface area contributed by atoms with Gasteiger partial charge >= 0.3 is 0 Å². The van der Waals surface area contributed by atoms with Crippen LogP contribution in [0.1, 0.15) is 187 Å². The molecular formula is C39H78N2O6S. The van der Waals surface area contributed by atoms with Crippen LogP contribution < -0.4 is 10.6 Å². The van der Waals surface area contributed by atoms with E-state index >= 15 is 0 Å². The van der Waals surface area contributed by atoms with E-state index in [2.05, 4.69) is 17.6 Å². The van der Waals surface area contributed by atoms with Crippen molar-refractivity contribution >= 4 is 17.3 Å². The second-order valence-corrected chi connectivity index (χ2v) is 15.1. The van der Waals surface area contributed by atoms with Crippen molar-refractivity contribution in [1.29, 1.82) is 0 Å². The average molecular weight is 703 g/mol. The van der Waals surface area contributed by atoms with Crippen LogP contribution in [-0.2, 0) is 4.74 Å². The van der Waals surface area contributed by atoms with E-state index in [1.54, 1.807) is 0 Å². The summed E-state index contributed by atoms with van der Waals surface area (Å²) < 4.78 is 5.94. The molecule has 0 radical (unpaired) electrons. The highest BCUT2D eigenvalue weighted by Gasteiger charge is 2.35. The summed E-state index contributed by atoms with van der Waals surface area (Å²) in [6.07, 6.45) is 26.6. The maximum atomic E-state index is 10.8. The van der Waals surface area contributed by atoms with Crippen LogP contribution in [0.25, 0.3) is 0 Å². The molecule has 0 saturated heterocycles. The van der Waals surface area contributed by atoms with Crippen molar-refractivity contribution in [3.05, 3.63) is 0 Å². The summed E-state index contributed by atoms with van der Waals surface area (Å²) in [5, 5.41) is 58.3. The minimum Gasteiger partial charge on any atom is -0.393 e. The lowest BCUT2D eigenvalue weighted by atomic mass is 10.0. The van der Waals surface area contributed by atoms with Crippen LogP contribution >= 0.6 is 12.2 Å². The fourth-order valence-electron chi connectivity index (χ4n) is 6.74. The Bertz CT molecular complexity index is 735. The number of hydrogen-bond donors (Lipinski definition) is 7. The standard InChI is InChI=1S/C39H78N2O6S/c1-3-5-6-7-8-9-10-11-12-13-14-15-16-17-18-19-20-21-22-23-24-25-29-40-39(48)41-33(35(44)30-32(42)4-2)31-47-36-28-26-27-34(43)37(45)38(36)46/h32-38,42-46H,3-31H2,1-2H3,(H2,40,41,48). The van der Waals surface area contributed by atoms with E-state index in [1.165, 1.54) is 128 Å². The normalized spacial score (nSPS) is 21.8. The van der Waals surface area contributed by atoms with Crippen molar-refractivity contribution < 1.29 is 30.3 Å². The molecule has 0 spiro atoms. The molecule has 1 aliphatic carbocycles. The predicted molar refractivity (Wildman–Crippen MR) is 203 cm³/mol. The van der Waals surface area contributed by atoms with Gasteiger partial charge in [-0.15, -0.1) is 0 Å². The average Bonchev–Trinajstić information content (AvgIpc) is 3.19. The Morgan fingerprint density at radius 2 is 1.12 bits per heavy atom. The molecular weight excluding hydrogens is 625 g/mol. The molecule has 0 heterocycles. The lowest BCUT2D eigenvalue weighted by Crippen LogP contribution is -2.52. The summed E-state index contributed by atoms with van der Waals surface area (Å²) in [5.41, 5.74) is 0. The van der Waals surface area contributed by atoms with E-state index in [9.17, 15) is 25.5 Å². The van der Waals surface area contributed by atoms with E-state index in [0.29, 0.717) is 30.8 Å². The molecule has 0 aromatic carbocycles. The largest absolute Gasteiger partial charge is 0.393 e. The Morgan fingerprint density at radius 1 is 0.667 bits per heavy atom. The molecule has 0 aromatic rings. The van der Waals surface area contributed by atoms with Gasteiger partial charge in [-0.2, -0.15) is 0 Å². The quantitative estimate of drug-likeness (QED) is 0.0222. The summed E-state index contributed by atoms with van der Waals surface area (Å²) in [6.45, 7) is 4.94. The summed E-state index contributed by atoms with van der Waals surface area (Å²) >= 11 is 5.50. The van der Waals surface area contributed by atoms with Gasteiger partial charge in [0.1, 0.15) is 12.2 Å². The van der Waals surface area contributed by atoms with E-state index in [-0.39, 0.29) is 13.0 Å². The summed E-state index contributed by atoms with van der Waals surface area (Å²) in [6, 6.07) is -0.590. The Morgan fingerprint density at radius 3 is 1.58 bits per heavy atom. The van der Waals surface area contributed by atoms with Crippen molar-refractivity contribution in [2.24, 2.45) is 0 Å². The van der Waals surface area contributed by atoms with Crippen LogP contribution in [0, 0.1) is 0 Å². The van der Waals surface area contributed by atoms with Crippen molar-refractivity contribution in [3.8, 4) is 0 Å². The molecule has 7 atom stereocenters. The first kappa shape index (κ1) is 45.5. The number of ether oxygens (including phenoxy) is 1. The fraction of sp³-hybridized carbons (Fsp3) is 0.974.